The number of rotatable bonds is 5. The Hall–Kier alpha value is -1.86. The summed E-state index contributed by atoms with van der Waals surface area (Å²) in [4.78, 5) is 36.5. The van der Waals surface area contributed by atoms with Crippen LogP contribution in [-0.2, 0) is 14.4 Å². The van der Waals surface area contributed by atoms with Crippen LogP contribution in [0.15, 0.2) is 18.2 Å². The maximum Gasteiger partial charge on any atom is 0.321 e. The number of hydrogen-bond acceptors (Lipinski definition) is 5. The van der Waals surface area contributed by atoms with Crippen molar-refractivity contribution in [2.24, 2.45) is 5.73 Å². The van der Waals surface area contributed by atoms with E-state index in [1.54, 1.807) is 6.07 Å². The van der Waals surface area contributed by atoms with E-state index in [-0.39, 0.29) is 24.0 Å². The fraction of sp³-hybridized carbons (Fsp3) is 0.400. The number of hydrogen-bond donors (Lipinski definition) is 2. The third-order valence-electron chi connectivity index (χ3n) is 3.49. The number of nitrogens with two attached hydrogens (primary N) is 1. The van der Waals surface area contributed by atoms with Gasteiger partial charge < -0.3 is 10.8 Å². The normalized spacial score (nSPS) is 19.6. The number of aryl methyl sites for hydroxylation is 2. The molecule has 0 spiro atoms. The summed E-state index contributed by atoms with van der Waals surface area (Å²) in [7, 11) is 0. The summed E-state index contributed by atoms with van der Waals surface area (Å²) in [6, 6.07) is 4.49. The Kier molecular flexibility index (Phi) is 4.87. The van der Waals surface area contributed by atoms with Crippen molar-refractivity contribution in [2.45, 2.75) is 31.6 Å². The van der Waals surface area contributed by atoms with Gasteiger partial charge >= 0.3 is 5.97 Å². The van der Waals surface area contributed by atoms with Gasteiger partial charge in [-0.3, -0.25) is 14.4 Å². The first-order valence-corrected chi connectivity index (χ1v) is 7.90. The van der Waals surface area contributed by atoms with E-state index >= 15 is 0 Å². The lowest BCUT2D eigenvalue weighted by Gasteiger charge is -2.18. The summed E-state index contributed by atoms with van der Waals surface area (Å²) in [6.45, 7) is 3.79. The molecule has 1 heterocycles. The number of benzene rings is 1. The van der Waals surface area contributed by atoms with E-state index in [0.717, 1.165) is 22.9 Å². The molecule has 0 aliphatic carbocycles. The molecule has 3 N–H and O–H groups in total. The predicted molar refractivity (Wildman–Crippen MR) is 84.9 cm³/mol. The molecule has 0 bridgehead atoms. The van der Waals surface area contributed by atoms with Gasteiger partial charge in [0.05, 0.1) is 10.9 Å². The first-order valence-electron chi connectivity index (χ1n) is 6.85. The van der Waals surface area contributed by atoms with Crippen molar-refractivity contribution in [3.8, 4) is 0 Å². The summed E-state index contributed by atoms with van der Waals surface area (Å²) in [5.74, 6) is -1.59. The van der Waals surface area contributed by atoms with E-state index in [1.165, 1.54) is 4.90 Å². The first-order chi connectivity index (χ1) is 10.3. The fourth-order valence-electron chi connectivity index (χ4n) is 2.33. The molecule has 0 radical (unpaired) electrons. The Morgan fingerprint density at radius 3 is 2.73 bits per heavy atom. The lowest BCUT2D eigenvalue weighted by molar-refractivity contribution is -0.138. The van der Waals surface area contributed by atoms with Crippen molar-refractivity contribution >= 4 is 35.2 Å². The minimum atomic E-state index is -1.12. The van der Waals surface area contributed by atoms with Gasteiger partial charge in [0.1, 0.15) is 6.04 Å². The number of carbonyl (C=O) groups excluding carboxylic acids is 2. The maximum atomic E-state index is 12.4. The maximum absolute atomic E-state index is 12.4. The van der Waals surface area contributed by atoms with Crippen molar-refractivity contribution < 1.29 is 19.5 Å². The Labute approximate surface area is 132 Å². The van der Waals surface area contributed by atoms with Gasteiger partial charge in [-0.2, -0.15) is 0 Å². The molecule has 1 saturated heterocycles. The molecule has 0 unspecified atom stereocenters. The average Bonchev–Trinajstić information content (AvgIpc) is 2.71. The van der Waals surface area contributed by atoms with Crippen LogP contribution in [0, 0.1) is 13.8 Å². The zero-order valence-corrected chi connectivity index (χ0v) is 13.2. The van der Waals surface area contributed by atoms with E-state index in [1.807, 2.05) is 26.0 Å². The molecule has 2 rings (SSSR count). The highest BCUT2D eigenvalue weighted by atomic mass is 32.2. The topological polar surface area (TPSA) is 101 Å². The number of amides is 2. The summed E-state index contributed by atoms with van der Waals surface area (Å²) in [6.07, 6.45) is 0.0726. The van der Waals surface area contributed by atoms with Crippen LogP contribution in [0.3, 0.4) is 0 Å². The molecule has 6 nitrogen and oxygen atoms in total. The third kappa shape index (κ3) is 3.31. The first kappa shape index (κ1) is 16.5. The van der Waals surface area contributed by atoms with Gasteiger partial charge in [-0.25, -0.2) is 4.90 Å². The molecular weight excluding hydrogens is 304 g/mol. The van der Waals surface area contributed by atoms with Gasteiger partial charge in [-0.15, -0.1) is 11.8 Å². The molecule has 1 aromatic carbocycles. The van der Waals surface area contributed by atoms with E-state index in [2.05, 4.69) is 0 Å². The minimum Gasteiger partial charge on any atom is -0.480 e. The summed E-state index contributed by atoms with van der Waals surface area (Å²) >= 11 is 1.12. The number of thioether (sulfide) groups is 1. The van der Waals surface area contributed by atoms with Crippen LogP contribution in [0.1, 0.15) is 17.5 Å². The third-order valence-corrected chi connectivity index (χ3v) is 4.81. The monoisotopic (exact) mass is 322 g/mol. The van der Waals surface area contributed by atoms with Gasteiger partial charge in [0.15, 0.2) is 0 Å². The Balaban J connectivity index is 2.13. The van der Waals surface area contributed by atoms with E-state index in [0.29, 0.717) is 5.69 Å². The number of aliphatic carboxylic acids is 1. The standard InChI is InChI=1S/C15H18N2O4S/c1-8-3-4-11(9(2)5-8)17-13(18)6-12(14(17)19)22-7-10(16)15(20)21/h3-5,10,12H,6-7,16H2,1-2H3,(H,20,21)/t10-,12-/m0/s1. The average molecular weight is 322 g/mol. The number of nitrogens with zero attached hydrogens (tertiary/aromatic N) is 1. The Morgan fingerprint density at radius 2 is 2.14 bits per heavy atom. The van der Waals surface area contributed by atoms with E-state index < -0.39 is 17.3 Å². The molecule has 2 atom stereocenters. The molecule has 1 aliphatic heterocycles. The summed E-state index contributed by atoms with van der Waals surface area (Å²) in [5.41, 5.74) is 7.93. The zero-order chi connectivity index (χ0) is 16.4. The van der Waals surface area contributed by atoms with Gasteiger partial charge in [-0.1, -0.05) is 17.7 Å². The van der Waals surface area contributed by atoms with Crippen molar-refractivity contribution in [2.75, 3.05) is 10.7 Å². The van der Waals surface area contributed by atoms with Gasteiger partial charge in [0, 0.05) is 12.2 Å². The van der Waals surface area contributed by atoms with Crippen molar-refractivity contribution in [1.82, 2.24) is 0 Å². The van der Waals surface area contributed by atoms with Crippen LogP contribution in [0.4, 0.5) is 5.69 Å². The second-order valence-corrected chi connectivity index (χ2v) is 6.56. The van der Waals surface area contributed by atoms with Gasteiger partial charge in [0.25, 0.3) is 0 Å². The van der Waals surface area contributed by atoms with Gasteiger partial charge in [-0.05, 0) is 25.5 Å². The molecule has 118 valence electrons. The molecule has 0 aromatic heterocycles. The highest BCUT2D eigenvalue weighted by molar-refractivity contribution is 8.00. The molecule has 22 heavy (non-hydrogen) atoms. The minimum absolute atomic E-state index is 0.0726. The van der Waals surface area contributed by atoms with Gasteiger partial charge in [0.2, 0.25) is 11.8 Å². The Morgan fingerprint density at radius 1 is 1.45 bits per heavy atom. The molecule has 1 aliphatic rings. The van der Waals surface area contributed by atoms with Crippen molar-refractivity contribution in [1.29, 1.82) is 0 Å². The molecule has 0 saturated carbocycles. The number of anilines is 1. The van der Waals surface area contributed by atoms with E-state index in [4.69, 9.17) is 10.8 Å². The molecular formula is C15H18N2O4S. The Bertz CT molecular complexity index is 632. The van der Waals surface area contributed by atoms with Crippen molar-refractivity contribution in [3.63, 3.8) is 0 Å². The SMILES string of the molecule is Cc1ccc(N2C(=O)C[C@H](SC[C@H](N)C(=O)O)C2=O)c(C)c1. The second-order valence-electron chi connectivity index (χ2n) is 5.33. The van der Waals surface area contributed by atoms with Crippen LogP contribution in [0.2, 0.25) is 0 Å². The van der Waals surface area contributed by atoms with Crippen LogP contribution in [0.25, 0.3) is 0 Å². The second kappa shape index (κ2) is 6.50. The smallest absolute Gasteiger partial charge is 0.321 e. The van der Waals surface area contributed by atoms with Crippen LogP contribution in [-0.4, -0.2) is 39.9 Å². The lowest BCUT2D eigenvalue weighted by Crippen LogP contribution is -2.35. The zero-order valence-electron chi connectivity index (χ0n) is 12.4. The van der Waals surface area contributed by atoms with E-state index in [9.17, 15) is 14.4 Å². The molecule has 1 fully saturated rings. The molecule has 2 amide bonds. The number of carbonyl (C=O) groups is 3. The summed E-state index contributed by atoms with van der Waals surface area (Å²) < 4.78 is 0. The number of imide groups is 1. The predicted octanol–water partition coefficient (Wildman–Crippen LogP) is 1.08. The fourth-order valence-corrected chi connectivity index (χ4v) is 3.43. The van der Waals surface area contributed by atoms with Crippen LogP contribution >= 0.6 is 11.8 Å². The lowest BCUT2D eigenvalue weighted by atomic mass is 10.1. The largest absolute Gasteiger partial charge is 0.480 e. The van der Waals surface area contributed by atoms with Crippen molar-refractivity contribution in [3.05, 3.63) is 29.3 Å². The number of carboxylic acids is 1. The van der Waals surface area contributed by atoms with Crippen LogP contribution < -0.4 is 10.6 Å². The highest BCUT2D eigenvalue weighted by Crippen LogP contribution is 2.32. The highest BCUT2D eigenvalue weighted by Gasteiger charge is 2.40. The molecule has 7 heteroatoms. The quantitative estimate of drug-likeness (QED) is 0.787. The number of carboxylic acid groups (broad SMARTS) is 1. The molecule has 1 aromatic rings. The van der Waals surface area contributed by atoms with Crippen LogP contribution in [0.5, 0.6) is 0 Å². The summed E-state index contributed by atoms with van der Waals surface area (Å²) in [5, 5.41) is 8.19.